The van der Waals surface area contributed by atoms with Gasteiger partial charge < -0.3 is 9.76 Å². The molecule has 0 spiro atoms. The Morgan fingerprint density at radius 2 is 1.25 bits per heavy atom. The van der Waals surface area contributed by atoms with Gasteiger partial charge in [-0.1, -0.05) is 0 Å². The summed E-state index contributed by atoms with van der Waals surface area (Å²) >= 11 is 0. The molecule has 0 saturated heterocycles. The molecule has 0 amide bonds. The first-order valence-electron chi connectivity index (χ1n) is 0. The average molecular weight is 159 g/mol. The van der Waals surface area contributed by atoms with E-state index in [4.69, 9.17) is 0 Å². The van der Waals surface area contributed by atoms with Gasteiger partial charge in [0.05, 0.1) is 0 Å². The van der Waals surface area contributed by atoms with Crippen LogP contribution in [0.3, 0.4) is 0 Å². The molecule has 0 aliphatic carbocycles. The molecule has 0 unspecified atom stereocenters. The minimum Gasteiger partial charge on any atom is -1.00 e. The van der Waals surface area contributed by atoms with Crippen LogP contribution in [0.2, 0.25) is 0 Å². The molecule has 4 heteroatoms. The van der Waals surface area contributed by atoms with Crippen molar-refractivity contribution in [2.24, 2.45) is 0 Å². The predicted octanol–water partition coefficient (Wildman–Crippen LogP) is -3.87. The fourth-order valence-corrected chi connectivity index (χ4v) is 0. The third kappa shape index (κ3) is 8.83. The molecule has 0 saturated carbocycles. The van der Waals surface area contributed by atoms with Crippen LogP contribution >= 0.6 is 0 Å². The van der Waals surface area contributed by atoms with Gasteiger partial charge >= 0.3 is 56.6 Å². The summed E-state index contributed by atoms with van der Waals surface area (Å²) in [5, 5.41) is 0. The van der Waals surface area contributed by atoms with Gasteiger partial charge in [0.2, 0.25) is 0 Å². The van der Waals surface area contributed by atoms with E-state index in [0.717, 1.165) is 0 Å². The summed E-state index contributed by atoms with van der Waals surface area (Å²) in [6, 6.07) is 0. The maximum absolute atomic E-state index is 0. The Balaban J connectivity index is 0. The van der Waals surface area contributed by atoms with Crippen molar-refractivity contribution in [3.8, 4) is 0 Å². The van der Waals surface area contributed by atoms with Gasteiger partial charge in [-0.05, 0) is 0 Å². The summed E-state index contributed by atoms with van der Waals surface area (Å²) in [6.07, 6.45) is 0. The van der Waals surface area contributed by atoms with E-state index in [1.165, 1.54) is 0 Å². The number of rotatable bonds is 0. The Morgan fingerprint density at radius 1 is 1.25 bits per heavy atom. The maximum Gasteiger partial charge on any atom is 2.00 e. The fraction of sp³-hybridized carbons (Fsp3) is 0. The molecule has 0 aromatic carbocycles. The summed E-state index contributed by atoms with van der Waals surface area (Å²) in [5.41, 5.74) is 0. The molecule has 0 aliphatic heterocycles. The summed E-state index contributed by atoms with van der Waals surface area (Å²) in [5.74, 6) is 0. The van der Waals surface area contributed by atoms with E-state index in [1.54, 1.807) is 0 Å². The number of hydrogen-bond acceptors (Lipinski definition) is 0. The molecule has 0 aromatic heterocycles. The average Bonchev–Trinajstić information content (AvgIpc) is 0. The third-order valence-corrected chi connectivity index (χ3v) is 0. The van der Waals surface area contributed by atoms with Crippen LogP contribution in [0, 0.1) is 0 Å². The molecular formula is H5CaLiOZr. The largest absolute Gasteiger partial charge is 2.00 e. The van der Waals surface area contributed by atoms with Crippen molar-refractivity contribution < 1.29 is 54.8 Å². The van der Waals surface area contributed by atoms with Crippen molar-refractivity contribution in [1.82, 2.24) is 0 Å². The molecule has 1 nitrogen and oxygen atoms in total. The van der Waals surface area contributed by atoms with Gasteiger partial charge in [-0.15, -0.1) is 0 Å². The van der Waals surface area contributed by atoms with E-state index in [1.807, 2.05) is 0 Å². The maximum atomic E-state index is 0. The van der Waals surface area contributed by atoms with Gasteiger partial charge in [0, 0.05) is 26.2 Å². The van der Waals surface area contributed by atoms with E-state index in [0.29, 0.717) is 0 Å². The van der Waals surface area contributed by atoms with E-state index in [9.17, 15) is 0 Å². The Kier molecular flexibility index (Phi) is 129. The molecular weight excluding hydrogens is 154 g/mol. The molecule has 0 heterocycles. The Bertz CT molecular complexity index is 14.9. The van der Waals surface area contributed by atoms with Gasteiger partial charge in [-0.2, -0.15) is 0 Å². The standard InChI is InChI=1S/Ca.Li.H2O.Zr.3H/h;;1H2;;;;/q+2;+1;;;3*-1. The predicted molar refractivity (Wildman–Crippen MR) is 12.7 cm³/mol. The zero-order valence-corrected chi connectivity index (χ0v) is 7.37. The van der Waals surface area contributed by atoms with Crippen LogP contribution in [-0.2, 0) is 26.2 Å². The smallest absolute Gasteiger partial charge is 1.00 e. The topological polar surface area (TPSA) is 31.5 Å². The van der Waals surface area contributed by atoms with Crippen molar-refractivity contribution in [1.29, 1.82) is 0 Å². The fourth-order valence-electron chi connectivity index (χ4n) is 0. The molecule has 2 N–H and O–H groups in total. The van der Waals surface area contributed by atoms with Crippen LogP contribution in [-0.4, -0.2) is 43.2 Å². The van der Waals surface area contributed by atoms with Gasteiger partial charge in [-0.3, -0.25) is 0 Å². The second kappa shape index (κ2) is 17.3. The minimum absolute atomic E-state index is 0. The zero-order valence-electron chi connectivity index (χ0n) is 5.71. The third-order valence-electron chi connectivity index (χ3n) is 0. The Labute approximate surface area is 91.0 Å². The van der Waals surface area contributed by atoms with Crippen molar-refractivity contribution in [2.45, 2.75) is 0 Å². The van der Waals surface area contributed by atoms with Crippen LogP contribution in [0.1, 0.15) is 4.28 Å². The molecule has 0 rings (SSSR count). The SMILES string of the molecule is O.[Ca+2].[H-].[H-].[H-].[Li+].[Zr]. The van der Waals surface area contributed by atoms with Crippen LogP contribution < -0.4 is 18.9 Å². The monoisotopic (exact) mass is 158 g/mol. The molecule has 0 fully saturated rings. The van der Waals surface area contributed by atoms with Crippen LogP contribution in [0.15, 0.2) is 0 Å². The van der Waals surface area contributed by atoms with Crippen molar-refractivity contribution in [2.75, 3.05) is 0 Å². The van der Waals surface area contributed by atoms with E-state index >= 15 is 0 Å². The van der Waals surface area contributed by atoms with E-state index in [-0.39, 0.29) is 92.6 Å². The van der Waals surface area contributed by atoms with Crippen LogP contribution in [0.25, 0.3) is 0 Å². The normalized spacial score (nSPS) is 0. The molecule has 0 bridgehead atoms. The molecule has 0 aromatic rings. The summed E-state index contributed by atoms with van der Waals surface area (Å²) in [4.78, 5) is 0. The molecule has 0 atom stereocenters. The molecule has 4 heavy (non-hydrogen) atoms. The van der Waals surface area contributed by atoms with E-state index < -0.39 is 0 Å². The van der Waals surface area contributed by atoms with Gasteiger partial charge in [0.25, 0.3) is 0 Å². The first-order chi connectivity index (χ1) is 0. The summed E-state index contributed by atoms with van der Waals surface area (Å²) < 4.78 is 0. The number of hydrogen-bond donors (Lipinski definition) is 0. The first kappa shape index (κ1) is 29.9. The summed E-state index contributed by atoms with van der Waals surface area (Å²) in [6.45, 7) is 0. The minimum atomic E-state index is 0. The van der Waals surface area contributed by atoms with Crippen LogP contribution in [0.5, 0.6) is 0 Å². The van der Waals surface area contributed by atoms with Gasteiger partial charge in [0.15, 0.2) is 0 Å². The molecule has 18 valence electrons. The molecule has 0 aliphatic rings. The van der Waals surface area contributed by atoms with E-state index in [2.05, 4.69) is 0 Å². The first-order valence-corrected chi connectivity index (χ1v) is 0. The zero-order chi connectivity index (χ0) is 0. The Hall–Kier alpha value is 2.70. The quantitative estimate of drug-likeness (QED) is 0.324. The summed E-state index contributed by atoms with van der Waals surface area (Å²) in [7, 11) is 0. The van der Waals surface area contributed by atoms with Crippen molar-refractivity contribution >= 4 is 37.7 Å². The second-order valence-electron chi connectivity index (χ2n) is 0. The Morgan fingerprint density at radius 3 is 1.25 bits per heavy atom. The van der Waals surface area contributed by atoms with Gasteiger partial charge in [-0.25, -0.2) is 0 Å². The van der Waals surface area contributed by atoms with Gasteiger partial charge in [0.1, 0.15) is 0 Å². The van der Waals surface area contributed by atoms with Crippen molar-refractivity contribution in [3.63, 3.8) is 0 Å². The van der Waals surface area contributed by atoms with Crippen LogP contribution in [0.4, 0.5) is 0 Å². The van der Waals surface area contributed by atoms with Crippen molar-refractivity contribution in [3.05, 3.63) is 0 Å². The second-order valence-corrected chi connectivity index (χ2v) is 0. The molecule has 0 radical (unpaired) electrons.